The average molecular weight is 468 g/mol. The van der Waals surface area contributed by atoms with Crippen molar-refractivity contribution in [2.45, 2.75) is 32.1 Å². The first-order valence-corrected chi connectivity index (χ1v) is 11.3. The number of aliphatic hydroxyl groups is 1. The van der Waals surface area contributed by atoms with Crippen LogP contribution in [-0.2, 0) is 28.3 Å². The first-order valence-electron chi connectivity index (χ1n) is 11.3. The fourth-order valence-corrected chi connectivity index (χ4v) is 4.87. The molecule has 174 valence electrons. The van der Waals surface area contributed by atoms with E-state index in [-0.39, 0.29) is 47.7 Å². The monoisotopic (exact) mass is 468 g/mol. The predicted octanol–water partition coefficient (Wildman–Crippen LogP) is 3.30. The quantitative estimate of drug-likeness (QED) is 0.405. The lowest BCUT2D eigenvalue weighted by molar-refractivity contribution is -0.172. The molecule has 0 spiro atoms. The molecule has 6 rings (SSSR count). The number of carbonyl (C=O) groups is 2. The van der Waals surface area contributed by atoms with Gasteiger partial charge in [0, 0.05) is 10.9 Å². The fraction of sp³-hybridized carbons (Fsp3) is 0.185. The summed E-state index contributed by atoms with van der Waals surface area (Å²) < 4.78 is 12.6. The summed E-state index contributed by atoms with van der Waals surface area (Å²) in [5, 5.41) is 12.3. The first kappa shape index (κ1) is 21.2. The number of esters is 2. The third-order valence-corrected chi connectivity index (χ3v) is 6.69. The van der Waals surface area contributed by atoms with Gasteiger partial charge in [0.1, 0.15) is 12.3 Å². The molecule has 0 bridgehead atoms. The van der Waals surface area contributed by atoms with Crippen LogP contribution in [0.2, 0.25) is 0 Å². The van der Waals surface area contributed by atoms with Crippen LogP contribution < -0.4 is 10.3 Å². The van der Waals surface area contributed by atoms with Crippen molar-refractivity contribution in [1.29, 1.82) is 0 Å². The highest BCUT2D eigenvalue weighted by Crippen LogP contribution is 2.46. The standard InChI is InChI=1S/C27H20N2O6/c1-2-27(33)20-18(14-34-26(27)32)24(30)29-13-17-12-16-10-6-7-11-19(16)28-21(17)22(29)23(20)35-25(31)15-8-4-3-5-9-15/h3-12,33H,2,13-14H2,1H3/t27-/m0/s1. The smallest absolute Gasteiger partial charge is 0.343 e. The van der Waals surface area contributed by atoms with Gasteiger partial charge in [-0.2, -0.15) is 0 Å². The third-order valence-electron chi connectivity index (χ3n) is 6.69. The molecule has 2 aliphatic heterocycles. The van der Waals surface area contributed by atoms with Crippen LogP contribution in [0.3, 0.4) is 0 Å². The largest absolute Gasteiger partial charge is 0.458 e. The minimum Gasteiger partial charge on any atom is -0.458 e. The lowest BCUT2D eigenvalue weighted by atomic mass is 9.85. The summed E-state index contributed by atoms with van der Waals surface area (Å²) in [5.41, 5.74) is -0.00961. The molecule has 0 saturated carbocycles. The van der Waals surface area contributed by atoms with E-state index in [0.29, 0.717) is 11.2 Å². The Kier molecular flexibility index (Phi) is 4.62. The number of benzene rings is 2. The SMILES string of the molecule is CC[C@@]1(O)C(=O)OCc2c1c(OC(=O)c1ccccc1)c1n(c2=O)Cc2cc3ccccc3nc2-1. The van der Waals surface area contributed by atoms with E-state index >= 15 is 0 Å². The maximum atomic E-state index is 13.6. The Labute approximate surface area is 199 Å². The highest BCUT2D eigenvalue weighted by atomic mass is 16.6. The van der Waals surface area contributed by atoms with Crippen molar-refractivity contribution >= 4 is 22.8 Å². The number of para-hydroxylation sites is 1. The van der Waals surface area contributed by atoms with Gasteiger partial charge in [0.2, 0.25) is 0 Å². The van der Waals surface area contributed by atoms with E-state index < -0.39 is 23.1 Å². The third kappa shape index (κ3) is 3.03. The van der Waals surface area contributed by atoms with E-state index in [2.05, 4.69) is 0 Å². The van der Waals surface area contributed by atoms with Crippen LogP contribution in [0.4, 0.5) is 0 Å². The lowest BCUT2D eigenvalue weighted by Crippen LogP contribution is -2.45. The number of nitrogens with zero attached hydrogens (tertiary/aromatic N) is 2. The van der Waals surface area contributed by atoms with Crippen molar-refractivity contribution in [3.05, 3.63) is 93.3 Å². The Morgan fingerprint density at radius 3 is 2.66 bits per heavy atom. The Hall–Kier alpha value is -4.30. The minimum absolute atomic E-state index is 0.0282. The van der Waals surface area contributed by atoms with Gasteiger partial charge in [-0.15, -0.1) is 0 Å². The van der Waals surface area contributed by atoms with Gasteiger partial charge in [-0.05, 0) is 30.7 Å². The van der Waals surface area contributed by atoms with Gasteiger partial charge in [0.15, 0.2) is 11.4 Å². The molecule has 8 nitrogen and oxygen atoms in total. The Morgan fingerprint density at radius 2 is 1.89 bits per heavy atom. The zero-order chi connectivity index (χ0) is 24.3. The Balaban J connectivity index is 1.67. The van der Waals surface area contributed by atoms with Crippen molar-refractivity contribution < 1.29 is 24.2 Å². The average Bonchev–Trinajstić information content (AvgIpc) is 3.26. The molecule has 1 N–H and O–H groups in total. The molecule has 0 unspecified atom stereocenters. The van der Waals surface area contributed by atoms with E-state index in [1.807, 2.05) is 30.3 Å². The van der Waals surface area contributed by atoms with Crippen LogP contribution in [0.5, 0.6) is 5.75 Å². The molecule has 2 aliphatic rings. The van der Waals surface area contributed by atoms with Crippen LogP contribution in [0.15, 0.2) is 65.5 Å². The molecule has 0 fully saturated rings. The fourth-order valence-electron chi connectivity index (χ4n) is 4.87. The zero-order valence-corrected chi connectivity index (χ0v) is 18.8. The molecule has 2 aromatic heterocycles. The maximum absolute atomic E-state index is 13.6. The molecule has 35 heavy (non-hydrogen) atoms. The number of hydrogen-bond acceptors (Lipinski definition) is 7. The van der Waals surface area contributed by atoms with Crippen LogP contribution in [0.25, 0.3) is 22.3 Å². The van der Waals surface area contributed by atoms with Crippen LogP contribution in [-0.4, -0.2) is 26.6 Å². The molecule has 0 aliphatic carbocycles. The first-order chi connectivity index (χ1) is 16.9. The summed E-state index contributed by atoms with van der Waals surface area (Å²) in [6.45, 7) is 1.49. The molecule has 1 atom stereocenters. The van der Waals surface area contributed by atoms with Crippen LogP contribution >= 0.6 is 0 Å². The number of hydrogen-bond donors (Lipinski definition) is 1. The minimum atomic E-state index is -2.14. The molecule has 8 heteroatoms. The van der Waals surface area contributed by atoms with E-state index in [1.165, 1.54) is 4.57 Å². The lowest BCUT2D eigenvalue weighted by Gasteiger charge is -2.33. The summed E-state index contributed by atoms with van der Waals surface area (Å²) >= 11 is 0. The molecule has 4 aromatic rings. The van der Waals surface area contributed by atoms with Gasteiger partial charge in [-0.3, -0.25) is 9.36 Å². The summed E-state index contributed by atoms with van der Waals surface area (Å²) in [7, 11) is 0. The Bertz CT molecular complexity index is 1610. The van der Waals surface area contributed by atoms with Crippen molar-refractivity contribution in [2.24, 2.45) is 0 Å². The maximum Gasteiger partial charge on any atom is 0.343 e. The normalized spacial score (nSPS) is 17.9. The number of cyclic esters (lactones) is 1. The summed E-state index contributed by atoms with van der Waals surface area (Å²) in [5.74, 6) is -1.62. The molecule has 0 radical (unpaired) electrons. The highest BCUT2D eigenvalue weighted by molar-refractivity contribution is 5.94. The van der Waals surface area contributed by atoms with Gasteiger partial charge >= 0.3 is 11.9 Å². The van der Waals surface area contributed by atoms with Crippen molar-refractivity contribution in [1.82, 2.24) is 9.55 Å². The van der Waals surface area contributed by atoms with Gasteiger partial charge in [0.05, 0.1) is 34.4 Å². The van der Waals surface area contributed by atoms with Crippen molar-refractivity contribution in [3.63, 3.8) is 0 Å². The van der Waals surface area contributed by atoms with Crippen molar-refractivity contribution in [2.75, 3.05) is 0 Å². The van der Waals surface area contributed by atoms with E-state index in [0.717, 1.165) is 10.9 Å². The zero-order valence-electron chi connectivity index (χ0n) is 18.8. The van der Waals surface area contributed by atoms with E-state index in [4.69, 9.17) is 14.5 Å². The second kappa shape index (κ2) is 7.61. The number of aromatic nitrogens is 2. The summed E-state index contributed by atoms with van der Waals surface area (Å²) in [6, 6.07) is 17.9. The molecule has 2 aromatic carbocycles. The summed E-state index contributed by atoms with van der Waals surface area (Å²) in [4.78, 5) is 44.2. The second-order valence-electron chi connectivity index (χ2n) is 8.66. The van der Waals surface area contributed by atoms with Crippen molar-refractivity contribution in [3.8, 4) is 17.1 Å². The molecular formula is C27H20N2O6. The number of fused-ring (bicyclic) bond motifs is 5. The highest BCUT2D eigenvalue weighted by Gasteiger charge is 2.49. The van der Waals surface area contributed by atoms with Gasteiger partial charge in [-0.25, -0.2) is 14.6 Å². The Morgan fingerprint density at radius 1 is 1.14 bits per heavy atom. The van der Waals surface area contributed by atoms with E-state index in [9.17, 15) is 19.5 Å². The van der Waals surface area contributed by atoms with Gasteiger partial charge < -0.3 is 14.6 Å². The van der Waals surface area contributed by atoms with Crippen LogP contribution in [0.1, 0.15) is 40.4 Å². The van der Waals surface area contributed by atoms with Crippen LogP contribution in [0, 0.1) is 0 Å². The summed E-state index contributed by atoms with van der Waals surface area (Å²) in [6.07, 6.45) is -0.0738. The predicted molar refractivity (Wildman–Crippen MR) is 126 cm³/mol. The molecule has 0 amide bonds. The van der Waals surface area contributed by atoms with E-state index in [1.54, 1.807) is 37.3 Å². The molecular weight excluding hydrogens is 448 g/mol. The number of carbonyl (C=O) groups excluding carboxylic acids is 2. The topological polar surface area (TPSA) is 108 Å². The molecule has 4 heterocycles. The number of ether oxygens (including phenoxy) is 2. The second-order valence-corrected chi connectivity index (χ2v) is 8.66. The number of rotatable bonds is 3. The molecule has 0 saturated heterocycles. The number of pyridine rings is 2. The van der Waals surface area contributed by atoms with Gasteiger partial charge in [-0.1, -0.05) is 43.3 Å². The van der Waals surface area contributed by atoms with Gasteiger partial charge in [0.25, 0.3) is 5.56 Å².